The van der Waals surface area contributed by atoms with Crippen LogP contribution in [0.5, 0.6) is 0 Å². The molecule has 1 unspecified atom stereocenters. The van der Waals surface area contributed by atoms with E-state index in [-0.39, 0.29) is 0 Å². The molecule has 0 heterocycles. The highest BCUT2D eigenvalue weighted by Gasteiger charge is 2.21. The van der Waals surface area contributed by atoms with Crippen LogP contribution in [0.1, 0.15) is 31.1 Å². The Morgan fingerprint density at radius 1 is 1.19 bits per heavy atom. The molecule has 0 saturated carbocycles. The van der Waals surface area contributed by atoms with E-state index in [4.69, 9.17) is 9.47 Å². The third-order valence-electron chi connectivity index (χ3n) is 2.30. The molecule has 0 spiro atoms. The molecule has 0 aliphatic heterocycles. The minimum Gasteiger partial charge on any atom is -0.383 e. The number of rotatable bonds is 6. The Morgan fingerprint density at radius 2 is 1.81 bits per heavy atom. The molecule has 0 radical (unpaired) electrons. The fourth-order valence-corrected chi connectivity index (χ4v) is 1.57. The molecule has 3 heteroatoms. The van der Waals surface area contributed by atoms with E-state index in [1.807, 2.05) is 45.0 Å². The minimum atomic E-state index is -0.736. The number of ether oxygens (including phenoxy) is 2. The molecule has 90 valence electrons. The van der Waals surface area contributed by atoms with Crippen LogP contribution in [0.4, 0.5) is 0 Å². The summed E-state index contributed by atoms with van der Waals surface area (Å²) in [4.78, 5) is 0. The zero-order valence-electron chi connectivity index (χ0n) is 10.1. The molecule has 3 nitrogen and oxygen atoms in total. The first-order valence-corrected chi connectivity index (χ1v) is 5.66. The molecule has 0 aliphatic carbocycles. The zero-order valence-corrected chi connectivity index (χ0v) is 10.1. The summed E-state index contributed by atoms with van der Waals surface area (Å²) < 4.78 is 10.7. The summed E-state index contributed by atoms with van der Waals surface area (Å²) in [6.07, 6.45) is -1.32. The van der Waals surface area contributed by atoms with E-state index in [0.717, 1.165) is 11.1 Å². The van der Waals surface area contributed by atoms with Gasteiger partial charge in [-0.2, -0.15) is 0 Å². The van der Waals surface area contributed by atoms with Gasteiger partial charge >= 0.3 is 0 Å². The average molecular weight is 224 g/mol. The van der Waals surface area contributed by atoms with Crippen molar-refractivity contribution in [2.24, 2.45) is 0 Å². The summed E-state index contributed by atoms with van der Waals surface area (Å²) in [5, 5.41) is 10.1. The minimum absolute atomic E-state index is 0.521. The lowest BCUT2D eigenvalue weighted by Crippen LogP contribution is -2.25. The van der Waals surface area contributed by atoms with Crippen LogP contribution in [0.15, 0.2) is 24.3 Å². The van der Waals surface area contributed by atoms with Gasteiger partial charge in [0.25, 0.3) is 0 Å². The molecule has 1 aromatic carbocycles. The van der Waals surface area contributed by atoms with Crippen molar-refractivity contribution in [3.8, 4) is 0 Å². The number of benzene rings is 1. The molecule has 1 aromatic rings. The van der Waals surface area contributed by atoms with E-state index < -0.39 is 12.4 Å². The smallest absolute Gasteiger partial charge is 0.187 e. The fraction of sp³-hybridized carbons (Fsp3) is 0.538. The molecule has 1 atom stereocenters. The second-order valence-corrected chi connectivity index (χ2v) is 3.64. The largest absolute Gasteiger partial charge is 0.383 e. The summed E-state index contributed by atoms with van der Waals surface area (Å²) in [6, 6.07) is 7.73. The quantitative estimate of drug-likeness (QED) is 0.754. The van der Waals surface area contributed by atoms with Gasteiger partial charge in [-0.1, -0.05) is 29.8 Å². The predicted molar refractivity (Wildman–Crippen MR) is 63.2 cm³/mol. The molecule has 0 saturated heterocycles. The number of aryl methyl sites for hydroxylation is 1. The van der Waals surface area contributed by atoms with Crippen LogP contribution in [0.3, 0.4) is 0 Å². The van der Waals surface area contributed by atoms with Gasteiger partial charge in [-0.05, 0) is 26.3 Å². The van der Waals surface area contributed by atoms with Gasteiger partial charge in [0, 0.05) is 13.2 Å². The standard InChI is InChI=1S/C13H20O3/c1-4-15-13(16-5-2)12(14)11-8-6-7-10(3)9-11/h6-9,12-14H,4-5H2,1-3H3. The van der Waals surface area contributed by atoms with Crippen molar-refractivity contribution >= 4 is 0 Å². The number of hydrogen-bond acceptors (Lipinski definition) is 3. The normalized spacial score (nSPS) is 13.1. The third kappa shape index (κ3) is 3.59. The molecule has 0 fully saturated rings. The molecule has 16 heavy (non-hydrogen) atoms. The van der Waals surface area contributed by atoms with E-state index in [0.29, 0.717) is 13.2 Å². The van der Waals surface area contributed by atoms with E-state index in [9.17, 15) is 5.11 Å². The second-order valence-electron chi connectivity index (χ2n) is 3.64. The summed E-state index contributed by atoms with van der Waals surface area (Å²) >= 11 is 0. The average Bonchev–Trinajstić information content (AvgIpc) is 2.28. The van der Waals surface area contributed by atoms with Crippen molar-refractivity contribution in [2.75, 3.05) is 13.2 Å². The first-order chi connectivity index (χ1) is 7.69. The van der Waals surface area contributed by atoms with Crippen LogP contribution in [-0.4, -0.2) is 24.6 Å². The van der Waals surface area contributed by atoms with Crippen molar-refractivity contribution in [1.29, 1.82) is 0 Å². The van der Waals surface area contributed by atoms with Gasteiger partial charge in [-0.15, -0.1) is 0 Å². The van der Waals surface area contributed by atoms with E-state index in [1.54, 1.807) is 0 Å². The number of aliphatic hydroxyl groups is 1. The first-order valence-electron chi connectivity index (χ1n) is 5.66. The Kier molecular flexibility index (Phi) is 5.46. The number of aliphatic hydroxyl groups excluding tert-OH is 1. The first kappa shape index (κ1) is 13.2. The molecule has 1 rings (SSSR count). The van der Waals surface area contributed by atoms with Crippen LogP contribution in [0.2, 0.25) is 0 Å². The molecule has 0 aromatic heterocycles. The molecule has 0 bridgehead atoms. The maximum Gasteiger partial charge on any atom is 0.187 e. The maximum absolute atomic E-state index is 10.1. The third-order valence-corrected chi connectivity index (χ3v) is 2.30. The fourth-order valence-electron chi connectivity index (χ4n) is 1.57. The van der Waals surface area contributed by atoms with Gasteiger partial charge in [0.1, 0.15) is 6.10 Å². The van der Waals surface area contributed by atoms with Crippen molar-refractivity contribution in [1.82, 2.24) is 0 Å². The highest BCUT2D eigenvalue weighted by molar-refractivity contribution is 5.24. The molecule has 1 N–H and O–H groups in total. The monoisotopic (exact) mass is 224 g/mol. The van der Waals surface area contributed by atoms with Crippen LogP contribution >= 0.6 is 0 Å². The summed E-state index contributed by atoms with van der Waals surface area (Å²) in [6.45, 7) is 6.80. The van der Waals surface area contributed by atoms with Gasteiger partial charge in [0.15, 0.2) is 6.29 Å². The highest BCUT2D eigenvalue weighted by atomic mass is 16.7. The topological polar surface area (TPSA) is 38.7 Å². The lowest BCUT2D eigenvalue weighted by Gasteiger charge is -2.23. The highest BCUT2D eigenvalue weighted by Crippen LogP contribution is 2.21. The summed E-state index contributed by atoms with van der Waals surface area (Å²) in [5.41, 5.74) is 1.94. The van der Waals surface area contributed by atoms with Gasteiger partial charge in [-0.25, -0.2) is 0 Å². The van der Waals surface area contributed by atoms with Crippen LogP contribution < -0.4 is 0 Å². The lowest BCUT2D eigenvalue weighted by atomic mass is 10.1. The zero-order chi connectivity index (χ0) is 12.0. The van der Waals surface area contributed by atoms with Crippen LogP contribution in [0, 0.1) is 6.92 Å². The van der Waals surface area contributed by atoms with Crippen LogP contribution in [0.25, 0.3) is 0 Å². The lowest BCUT2D eigenvalue weighted by molar-refractivity contribution is -0.191. The van der Waals surface area contributed by atoms with Gasteiger partial charge in [0.2, 0.25) is 0 Å². The maximum atomic E-state index is 10.1. The Morgan fingerprint density at radius 3 is 2.31 bits per heavy atom. The molecule has 0 aliphatic rings. The predicted octanol–water partition coefficient (Wildman–Crippen LogP) is 2.43. The molecular formula is C13H20O3. The van der Waals surface area contributed by atoms with Crippen molar-refractivity contribution in [3.63, 3.8) is 0 Å². The van der Waals surface area contributed by atoms with Gasteiger partial charge in [-0.3, -0.25) is 0 Å². The van der Waals surface area contributed by atoms with Gasteiger partial charge < -0.3 is 14.6 Å². The van der Waals surface area contributed by atoms with E-state index in [1.165, 1.54) is 0 Å². The van der Waals surface area contributed by atoms with Crippen LogP contribution in [-0.2, 0) is 9.47 Å². The van der Waals surface area contributed by atoms with E-state index >= 15 is 0 Å². The summed E-state index contributed by atoms with van der Waals surface area (Å²) in [5.74, 6) is 0. The van der Waals surface area contributed by atoms with Gasteiger partial charge in [0.05, 0.1) is 0 Å². The summed E-state index contributed by atoms with van der Waals surface area (Å²) in [7, 11) is 0. The Labute approximate surface area is 97.0 Å². The molecule has 0 amide bonds. The van der Waals surface area contributed by atoms with Crippen molar-refractivity contribution in [3.05, 3.63) is 35.4 Å². The Balaban J connectivity index is 2.76. The Bertz CT molecular complexity index is 306. The van der Waals surface area contributed by atoms with Crippen molar-refractivity contribution in [2.45, 2.75) is 33.2 Å². The second kappa shape index (κ2) is 6.63. The SMILES string of the molecule is CCOC(OCC)C(O)c1cccc(C)c1. The van der Waals surface area contributed by atoms with E-state index in [2.05, 4.69) is 0 Å². The Hall–Kier alpha value is -0.900. The number of hydrogen-bond donors (Lipinski definition) is 1. The van der Waals surface area contributed by atoms with Crippen molar-refractivity contribution < 1.29 is 14.6 Å². The molecular weight excluding hydrogens is 204 g/mol.